The Morgan fingerprint density at radius 2 is 0.782 bits per heavy atom. The molecule has 8 heteroatoms. The van der Waals surface area contributed by atoms with Crippen LogP contribution in [0.25, 0.3) is 22.3 Å². The van der Waals surface area contributed by atoms with Crippen LogP contribution in [0.4, 0.5) is 0 Å². The van der Waals surface area contributed by atoms with Crippen LogP contribution >= 0.6 is 15.2 Å². The number of hydrogen-bond donors (Lipinski definition) is 0. The average Bonchev–Trinajstić information content (AvgIpc) is 3.14. The second-order valence-electron chi connectivity index (χ2n) is 17.7. The van der Waals surface area contributed by atoms with Crippen LogP contribution in [0.3, 0.4) is 0 Å². The summed E-state index contributed by atoms with van der Waals surface area (Å²) in [5.74, 6) is 1.68. The van der Waals surface area contributed by atoms with Crippen LogP contribution in [0.15, 0.2) is 84.9 Å². The van der Waals surface area contributed by atoms with E-state index in [-0.39, 0.29) is 38.8 Å². The van der Waals surface area contributed by atoms with Crippen molar-refractivity contribution in [1.82, 2.24) is 0 Å². The molecule has 0 aromatic heterocycles. The van der Waals surface area contributed by atoms with Crippen LogP contribution in [-0.2, 0) is 65.2 Å². The van der Waals surface area contributed by atoms with E-state index in [4.69, 9.17) is 18.1 Å². The first-order valence-electron chi connectivity index (χ1n) is 20.3. The van der Waals surface area contributed by atoms with Gasteiger partial charge in [0.1, 0.15) is 0 Å². The van der Waals surface area contributed by atoms with E-state index in [1.54, 1.807) is 0 Å². The van der Waals surface area contributed by atoms with Crippen molar-refractivity contribution in [2.24, 2.45) is 29.1 Å². The van der Waals surface area contributed by atoms with Gasteiger partial charge in [-0.1, -0.05) is 140 Å². The molecule has 4 aromatic rings. The average molecular weight is 785 g/mol. The summed E-state index contributed by atoms with van der Waals surface area (Å²) in [5, 5.41) is 0. The van der Waals surface area contributed by atoms with E-state index in [9.17, 15) is 9.13 Å². The molecule has 0 bridgehead atoms. The molecule has 0 radical (unpaired) electrons. The second kappa shape index (κ2) is 17.8. The molecule has 55 heavy (non-hydrogen) atoms. The Bertz CT molecular complexity index is 1830. The van der Waals surface area contributed by atoms with Crippen molar-refractivity contribution in [2.45, 2.75) is 93.4 Å². The molecule has 0 amide bonds. The summed E-state index contributed by atoms with van der Waals surface area (Å²) >= 11 is 0. The van der Waals surface area contributed by atoms with E-state index < -0.39 is 20.6 Å². The highest BCUT2D eigenvalue weighted by molar-refractivity contribution is 7.53. The van der Waals surface area contributed by atoms with E-state index in [0.717, 1.165) is 47.9 Å². The molecule has 0 atom stereocenters. The van der Waals surface area contributed by atoms with Gasteiger partial charge in [0.2, 0.25) is 0 Å². The van der Waals surface area contributed by atoms with Gasteiger partial charge < -0.3 is 18.1 Å². The van der Waals surface area contributed by atoms with Gasteiger partial charge in [-0.3, -0.25) is 9.13 Å². The normalized spacial score (nSPS) is 23.1. The van der Waals surface area contributed by atoms with E-state index in [1.165, 1.54) is 33.4 Å². The maximum atomic E-state index is 14.5. The van der Waals surface area contributed by atoms with Crippen LogP contribution in [0.5, 0.6) is 0 Å². The van der Waals surface area contributed by atoms with Crippen LogP contribution < -0.4 is 0 Å². The number of rotatable bonds is 14. The monoisotopic (exact) mass is 784 g/mol. The smallest absolute Gasteiger partial charge is 0.307 e. The number of benzene rings is 4. The molecule has 2 fully saturated rings. The van der Waals surface area contributed by atoms with Crippen molar-refractivity contribution in [3.05, 3.63) is 118 Å². The fraction of sp³-hybridized carbons (Fsp3) is 0.489. The lowest BCUT2D eigenvalue weighted by Gasteiger charge is -2.43. The summed E-state index contributed by atoms with van der Waals surface area (Å²) in [7, 11) is -7.05. The molecule has 6 nitrogen and oxygen atoms in total. The molecular formula is C47H62O6P2. The Morgan fingerprint density at radius 1 is 0.455 bits per heavy atom. The summed E-state index contributed by atoms with van der Waals surface area (Å²) in [6.45, 7) is 18.4. The van der Waals surface area contributed by atoms with Gasteiger partial charge in [0.15, 0.2) is 0 Å². The van der Waals surface area contributed by atoms with Gasteiger partial charge >= 0.3 is 15.2 Å². The molecule has 0 saturated carbocycles. The first-order valence-corrected chi connectivity index (χ1v) is 23.8. The lowest BCUT2D eigenvalue weighted by Crippen LogP contribution is -2.45. The van der Waals surface area contributed by atoms with Crippen LogP contribution in [-0.4, -0.2) is 26.4 Å². The van der Waals surface area contributed by atoms with Gasteiger partial charge in [-0.05, 0) is 105 Å². The summed E-state index contributed by atoms with van der Waals surface area (Å²) < 4.78 is 54.2. The highest BCUT2D eigenvalue weighted by Gasteiger charge is 2.49. The zero-order chi connectivity index (χ0) is 39.4. The molecule has 2 heterocycles. The first kappa shape index (κ1) is 41.8. The minimum atomic E-state index is -3.52. The minimum Gasteiger partial charge on any atom is -0.307 e. The Kier molecular flexibility index (Phi) is 13.5. The molecule has 2 aliphatic rings. The molecule has 296 valence electrons. The third-order valence-electron chi connectivity index (χ3n) is 10.7. The van der Waals surface area contributed by atoms with Gasteiger partial charge in [0, 0.05) is 0 Å². The maximum absolute atomic E-state index is 14.5. The van der Waals surface area contributed by atoms with Crippen molar-refractivity contribution in [3.63, 3.8) is 0 Å². The van der Waals surface area contributed by atoms with Crippen molar-refractivity contribution < 1.29 is 27.2 Å². The molecule has 0 N–H and O–H groups in total. The van der Waals surface area contributed by atoms with Gasteiger partial charge in [-0.25, -0.2) is 0 Å². The molecule has 2 saturated heterocycles. The topological polar surface area (TPSA) is 71.1 Å². The van der Waals surface area contributed by atoms with Gasteiger partial charge in [-0.2, -0.15) is 0 Å². The van der Waals surface area contributed by atoms with Gasteiger partial charge in [0.25, 0.3) is 0 Å². The molecule has 6 rings (SSSR count). The van der Waals surface area contributed by atoms with E-state index in [1.807, 2.05) is 12.1 Å². The maximum Gasteiger partial charge on any atom is 0.335 e. The van der Waals surface area contributed by atoms with Crippen LogP contribution in [0.2, 0.25) is 0 Å². The second-order valence-corrected chi connectivity index (χ2v) is 21.8. The Hall–Kier alpha value is -2.82. The van der Waals surface area contributed by atoms with E-state index in [2.05, 4.69) is 128 Å². The predicted molar refractivity (Wildman–Crippen MR) is 227 cm³/mol. The van der Waals surface area contributed by atoms with Crippen molar-refractivity contribution in [1.29, 1.82) is 0 Å². The van der Waals surface area contributed by atoms with Gasteiger partial charge in [0.05, 0.1) is 44.2 Å². The lowest BCUT2D eigenvalue weighted by molar-refractivity contribution is -0.0690. The molecule has 0 unspecified atom stereocenters. The largest absolute Gasteiger partial charge is 0.335 e. The van der Waals surface area contributed by atoms with Crippen LogP contribution in [0.1, 0.15) is 88.8 Å². The summed E-state index contributed by atoms with van der Waals surface area (Å²) in [6.07, 6.45) is 3.90. The number of hydrogen-bond acceptors (Lipinski definition) is 6. The summed E-state index contributed by atoms with van der Waals surface area (Å²) in [4.78, 5) is 0. The molecule has 0 aliphatic carbocycles. The minimum absolute atomic E-state index is 0.155. The Labute approximate surface area is 330 Å². The summed E-state index contributed by atoms with van der Waals surface area (Å²) in [6, 6.07) is 29.8. The molecular weight excluding hydrogens is 722 g/mol. The Balaban J connectivity index is 1.23. The third-order valence-corrected chi connectivity index (χ3v) is 14.2. The van der Waals surface area contributed by atoms with E-state index in [0.29, 0.717) is 23.7 Å². The molecule has 1 spiro atoms. The fourth-order valence-corrected chi connectivity index (χ4v) is 12.0. The quantitative estimate of drug-likeness (QED) is 0.119. The lowest BCUT2D eigenvalue weighted by atomic mass is 9.86. The zero-order valence-corrected chi connectivity index (χ0v) is 36.1. The zero-order valence-electron chi connectivity index (χ0n) is 34.3. The highest BCUT2D eigenvalue weighted by Crippen LogP contribution is 2.62. The Morgan fingerprint density at radius 3 is 1.09 bits per heavy atom. The van der Waals surface area contributed by atoms with Gasteiger partial charge in [-0.15, -0.1) is 0 Å². The first-order chi connectivity index (χ1) is 26.2. The van der Waals surface area contributed by atoms with Crippen molar-refractivity contribution in [2.75, 3.05) is 26.4 Å². The fourth-order valence-electron chi connectivity index (χ4n) is 8.03. The van der Waals surface area contributed by atoms with Crippen LogP contribution in [0, 0.1) is 29.1 Å². The van der Waals surface area contributed by atoms with Crippen molar-refractivity contribution >= 4 is 15.2 Å². The molecule has 4 aromatic carbocycles. The summed E-state index contributed by atoms with van der Waals surface area (Å²) in [5.41, 5.74) is 10.9. The SMILES string of the molecule is CC(C)Cc1ccc(-c2ccccc2)c(CC(C)C)c1CP1(=O)OCC2(CO1)COP(=O)(Cc1c(CC(C)C)ccc(-c3ccccc3)c1CC(C)C)OC2. The highest BCUT2D eigenvalue weighted by atomic mass is 31.2. The van der Waals surface area contributed by atoms with Crippen molar-refractivity contribution in [3.8, 4) is 22.3 Å². The predicted octanol–water partition coefficient (Wildman–Crippen LogP) is 13.0. The third kappa shape index (κ3) is 10.4. The van der Waals surface area contributed by atoms with E-state index >= 15 is 0 Å². The standard InChI is InChI=1S/C47H62O6P2/c1-33(2)23-39-19-21-41(37-15-11-9-12-16-37)43(25-35(5)6)45(39)27-54(48)50-29-47(30-51-54)31-52-55(49,53-32-47)28-46-40(24-34(3)4)20-22-42(44(46)26-36(7)8)38-17-13-10-14-18-38/h9-22,33-36H,23-32H2,1-8H3. The molecule has 2 aliphatic heterocycles.